The van der Waals surface area contributed by atoms with Gasteiger partial charge in [0.15, 0.2) is 0 Å². The normalized spacial score (nSPS) is 24.1. The van der Waals surface area contributed by atoms with Crippen molar-refractivity contribution in [1.82, 2.24) is 10.2 Å². The van der Waals surface area contributed by atoms with Gasteiger partial charge < -0.3 is 10.2 Å². The van der Waals surface area contributed by atoms with E-state index in [-0.39, 0.29) is 0 Å². The summed E-state index contributed by atoms with van der Waals surface area (Å²) in [6, 6.07) is 9.62. The molecule has 18 heavy (non-hydrogen) atoms. The van der Waals surface area contributed by atoms with E-state index in [4.69, 9.17) is 0 Å². The Labute approximate surface area is 110 Å². The molecule has 0 saturated carbocycles. The first-order chi connectivity index (χ1) is 8.92. The summed E-state index contributed by atoms with van der Waals surface area (Å²) >= 11 is 0. The number of hydrogen-bond donors (Lipinski definition) is 1. The minimum atomic E-state index is 0.697. The molecule has 2 nitrogen and oxygen atoms in total. The van der Waals surface area contributed by atoms with Gasteiger partial charge in [-0.05, 0) is 56.3 Å². The van der Waals surface area contributed by atoms with Crippen LogP contribution < -0.4 is 5.32 Å². The van der Waals surface area contributed by atoms with Crippen LogP contribution in [0.3, 0.4) is 0 Å². The van der Waals surface area contributed by atoms with Crippen LogP contribution in [0.5, 0.6) is 0 Å². The summed E-state index contributed by atoms with van der Waals surface area (Å²) in [5.74, 6) is 0. The molecule has 1 aromatic rings. The van der Waals surface area contributed by atoms with Crippen LogP contribution in [0.15, 0.2) is 24.3 Å². The highest BCUT2D eigenvalue weighted by atomic mass is 15.2. The molecule has 1 fully saturated rings. The number of hydrogen-bond acceptors (Lipinski definition) is 2. The molecular weight excluding hydrogens is 220 g/mol. The smallest absolute Gasteiger partial charge is 0.0111 e. The van der Waals surface area contributed by atoms with Gasteiger partial charge in [0, 0.05) is 19.1 Å². The highest BCUT2D eigenvalue weighted by Crippen LogP contribution is 2.20. The second-order valence-corrected chi connectivity index (χ2v) is 5.71. The Hall–Kier alpha value is -0.860. The van der Waals surface area contributed by atoms with E-state index in [1.54, 1.807) is 11.1 Å². The van der Waals surface area contributed by atoms with Crippen LogP contribution in [-0.2, 0) is 12.8 Å². The summed E-state index contributed by atoms with van der Waals surface area (Å²) < 4.78 is 0. The molecule has 2 heteroatoms. The predicted octanol–water partition coefficient (Wildman–Crippen LogP) is 2.23. The van der Waals surface area contributed by atoms with Gasteiger partial charge >= 0.3 is 0 Å². The van der Waals surface area contributed by atoms with Gasteiger partial charge in [0.2, 0.25) is 0 Å². The van der Waals surface area contributed by atoms with Gasteiger partial charge in [0.25, 0.3) is 0 Å². The Balaban J connectivity index is 1.44. The minimum Gasteiger partial charge on any atom is -0.312 e. The maximum atomic E-state index is 3.75. The van der Waals surface area contributed by atoms with Crippen LogP contribution in [0.2, 0.25) is 0 Å². The second kappa shape index (κ2) is 5.85. The molecule has 0 radical (unpaired) electrons. The molecule has 1 atom stereocenters. The van der Waals surface area contributed by atoms with E-state index in [0.29, 0.717) is 6.04 Å². The molecule has 0 spiro atoms. The average Bonchev–Trinajstić information content (AvgIpc) is 2.92. The van der Waals surface area contributed by atoms with Crippen molar-refractivity contribution in [2.45, 2.75) is 38.1 Å². The minimum absolute atomic E-state index is 0.697. The Morgan fingerprint density at radius 3 is 2.72 bits per heavy atom. The third kappa shape index (κ3) is 2.93. The van der Waals surface area contributed by atoms with Crippen LogP contribution in [0, 0.1) is 0 Å². The lowest BCUT2D eigenvalue weighted by molar-refractivity contribution is 0.322. The van der Waals surface area contributed by atoms with Crippen LogP contribution in [0.4, 0.5) is 0 Å². The van der Waals surface area contributed by atoms with Crippen LogP contribution in [-0.4, -0.2) is 37.1 Å². The van der Waals surface area contributed by atoms with E-state index >= 15 is 0 Å². The molecule has 1 heterocycles. The van der Waals surface area contributed by atoms with Crippen molar-refractivity contribution in [3.8, 4) is 0 Å². The molecule has 3 rings (SSSR count). The van der Waals surface area contributed by atoms with Crippen molar-refractivity contribution in [3.63, 3.8) is 0 Å². The summed E-state index contributed by atoms with van der Waals surface area (Å²) in [6.07, 6.45) is 6.57. The van der Waals surface area contributed by atoms with Gasteiger partial charge in [-0.25, -0.2) is 0 Å². The van der Waals surface area contributed by atoms with E-state index in [1.807, 2.05) is 0 Å². The first-order valence-corrected chi connectivity index (χ1v) is 7.44. The number of nitrogens with one attached hydrogen (secondary N) is 1. The average molecular weight is 244 g/mol. The summed E-state index contributed by atoms with van der Waals surface area (Å²) in [6.45, 7) is 5.02. The van der Waals surface area contributed by atoms with Crippen molar-refractivity contribution in [1.29, 1.82) is 0 Å². The molecule has 1 unspecified atom stereocenters. The summed E-state index contributed by atoms with van der Waals surface area (Å²) in [4.78, 5) is 2.59. The number of nitrogens with zero attached hydrogens (tertiary/aromatic N) is 1. The van der Waals surface area contributed by atoms with Crippen molar-refractivity contribution >= 4 is 0 Å². The fourth-order valence-electron chi connectivity index (χ4n) is 3.31. The number of rotatable bonds is 4. The molecule has 0 aromatic heterocycles. The molecule has 1 saturated heterocycles. The van der Waals surface area contributed by atoms with Gasteiger partial charge in [-0.1, -0.05) is 24.3 Å². The first-order valence-electron chi connectivity index (χ1n) is 7.44. The standard InChI is InChI=1S/C16H24N2/c1-2-6-15-13-16(8-7-14(15)5-1)17-9-12-18-10-3-4-11-18/h1-2,5-6,16-17H,3-4,7-13H2. The van der Waals surface area contributed by atoms with Gasteiger partial charge in [-0.15, -0.1) is 0 Å². The lowest BCUT2D eigenvalue weighted by Gasteiger charge is -2.26. The van der Waals surface area contributed by atoms with E-state index in [0.717, 1.165) is 6.54 Å². The number of likely N-dealkylation sites (tertiary alicyclic amines) is 1. The SMILES string of the molecule is c1ccc2c(c1)CCC(NCCN1CCCC1)C2. The van der Waals surface area contributed by atoms with Crippen molar-refractivity contribution in [3.05, 3.63) is 35.4 Å². The Morgan fingerprint density at radius 1 is 1.11 bits per heavy atom. The molecule has 1 aliphatic heterocycles. The van der Waals surface area contributed by atoms with E-state index in [2.05, 4.69) is 34.5 Å². The summed E-state index contributed by atoms with van der Waals surface area (Å²) in [7, 11) is 0. The maximum absolute atomic E-state index is 3.75. The second-order valence-electron chi connectivity index (χ2n) is 5.71. The molecule has 1 aliphatic carbocycles. The highest BCUT2D eigenvalue weighted by Gasteiger charge is 2.18. The Kier molecular flexibility index (Phi) is 3.96. The largest absolute Gasteiger partial charge is 0.312 e. The van der Waals surface area contributed by atoms with E-state index in [1.165, 1.54) is 51.7 Å². The highest BCUT2D eigenvalue weighted by molar-refractivity contribution is 5.30. The number of aryl methyl sites for hydroxylation is 1. The van der Waals surface area contributed by atoms with Crippen LogP contribution in [0.25, 0.3) is 0 Å². The van der Waals surface area contributed by atoms with Crippen LogP contribution in [0.1, 0.15) is 30.4 Å². The Bertz CT molecular complexity index is 382. The number of fused-ring (bicyclic) bond motifs is 1. The zero-order valence-corrected chi connectivity index (χ0v) is 11.2. The lowest BCUT2D eigenvalue weighted by Crippen LogP contribution is -2.39. The van der Waals surface area contributed by atoms with E-state index in [9.17, 15) is 0 Å². The third-order valence-corrected chi connectivity index (χ3v) is 4.41. The fourth-order valence-corrected chi connectivity index (χ4v) is 3.31. The molecule has 0 amide bonds. The molecular formula is C16H24N2. The predicted molar refractivity (Wildman–Crippen MR) is 75.9 cm³/mol. The van der Waals surface area contributed by atoms with Crippen molar-refractivity contribution in [2.24, 2.45) is 0 Å². The number of benzene rings is 1. The van der Waals surface area contributed by atoms with Gasteiger partial charge in [-0.2, -0.15) is 0 Å². The zero-order chi connectivity index (χ0) is 12.2. The van der Waals surface area contributed by atoms with Crippen molar-refractivity contribution in [2.75, 3.05) is 26.2 Å². The monoisotopic (exact) mass is 244 g/mol. The first kappa shape index (κ1) is 12.2. The van der Waals surface area contributed by atoms with Crippen LogP contribution >= 0.6 is 0 Å². The molecule has 1 N–H and O–H groups in total. The maximum Gasteiger partial charge on any atom is 0.0111 e. The van der Waals surface area contributed by atoms with Gasteiger partial charge in [-0.3, -0.25) is 0 Å². The summed E-state index contributed by atoms with van der Waals surface area (Å²) in [5.41, 5.74) is 3.12. The quantitative estimate of drug-likeness (QED) is 0.874. The van der Waals surface area contributed by atoms with Crippen molar-refractivity contribution < 1.29 is 0 Å². The van der Waals surface area contributed by atoms with E-state index < -0.39 is 0 Å². The fraction of sp³-hybridized carbons (Fsp3) is 0.625. The summed E-state index contributed by atoms with van der Waals surface area (Å²) in [5, 5.41) is 3.75. The molecule has 0 bridgehead atoms. The molecule has 98 valence electrons. The zero-order valence-electron chi connectivity index (χ0n) is 11.2. The lowest BCUT2D eigenvalue weighted by atomic mass is 9.88. The van der Waals surface area contributed by atoms with Gasteiger partial charge in [0.1, 0.15) is 0 Å². The molecule has 1 aromatic carbocycles. The topological polar surface area (TPSA) is 15.3 Å². The molecule has 2 aliphatic rings. The third-order valence-electron chi connectivity index (χ3n) is 4.41. The Morgan fingerprint density at radius 2 is 1.89 bits per heavy atom. The van der Waals surface area contributed by atoms with Gasteiger partial charge in [0.05, 0.1) is 0 Å².